The molecule has 0 bridgehead atoms. The molecule has 4 amide bonds. The van der Waals surface area contributed by atoms with Crippen molar-refractivity contribution < 1.29 is 42.3 Å². The van der Waals surface area contributed by atoms with Gasteiger partial charge in [0.15, 0.2) is 0 Å². The second-order valence-corrected chi connectivity index (χ2v) is 11.2. The molecule has 0 aliphatic carbocycles. The van der Waals surface area contributed by atoms with E-state index in [1.807, 2.05) is 0 Å². The summed E-state index contributed by atoms with van der Waals surface area (Å²) in [5, 5.41) is 23.5. The zero-order valence-corrected chi connectivity index (χ0v) is 26.7. The minimum Gasteiger partial charge on any atom is -0.480 e. The standard InChI is InChI=1S/C31H46F3N7O6/c1-22(42)39-25(11-5-8-21-38-41-35)29(45)37-20-6-2-3-13-28(44)40-26(30(46)47)12-4-7-19-36-27(43)14-9-10-23-15-17-24(18-16-23)31(32,33)34/h15-18,25-26H,2-14,19-21H2,1H3,(H,36,43)(H,37,45)(H,39,42)(H,40,44)(H,46,47)/t25-,26-/m0/s1. The number of alkyl halides is 3. The third-order valence-corrected chi connectivity index (χ3v) is 7.16. The van der Waals surface area contributed by atoms with E-state index in [0.717, 1.165) is 12.1 Å². The van der Waals surface area contributed by atoms with Crippen LogP contribution >= 0.6 is 0 Å². The Hall–Kier alpha value is -4.33. The molecule has 0 unspecified atom stereocenters. The summed E-state index contributed by atoms with van der Waals surface area (Å²) in [6.45, 7) is 2.32. The van der Waals surface area contributed by atoms with Gasteiger partial charge >= 0.3 is 12.1 Å². The lowest BCUT2D eigenvalue weighted by atomic mass is 10.1. The van der Waals surface area contributed by atoms with E-state index in [1.165, 1.54) is 19.1 Å². The van der Waals surface area contributed by atoms with Crippen molar-refractivity contribution in [1.29, 1.82) is 0 Å². The molecule has 262 valence electrons. The van der Waals surface area contributed by atoms with Crippen molar-refractivity contribution >= 4 is 29.6 Å². The van der Waals surface area contributed by atoms with Crippen LogP contribution in [0.2, 0.25) is 0 Å². The normalized spacial score (nSPS) is 12.3. The first-order valence-corrected chi connectivity index (χ1v) is 15.8. The monoisotopic (exact) mass is 669 g/mol. The highest BCUT2D eigenvalue weighted by molar-refractivity contribution is 5.86. The van der Waals surface area contributed by atoms with E-state index in [9.17, 15) is 42.3 Å². The minimum atomic E-state index is -4.39. The lowest BCUT2D eigenvalue weighted by molar-refractivity contribution is -0.142. The summed E-state index contributed by atoms with van der Waals surface area (Å²) >= 11 is 0. The highest BCUT2D eigenvalue weighted by Crippen LogP contribution is 2.29. The van der Waals surface area contributed by atoms with Gasteiger partial charge in [-0.2, -0.15) is 13.2 Å². The number of benzene rings is 1. The zero-order chi connectivity index (χ0) is 35.1. The Bertz CT molecular complexity index is 1190. The van der Waals surface area contributed by atoms with Gasteiger partial charge in [-0.1, -0.05) is 30.1 Å². The van der Waals surface area contributed by atoms with Gasteiger partial charge < -0.3 is 26.4 Å². The van der Waals surface area contributed by atoms with Crippen molar-refractivity contribution in [3.63, 3.8) is 0 Å². The van der Waals surface area contributed by atoms with Gasteiger partial charge in [0.05, 0.1) is 5.56 Å². The van der Waals surface area contributed by atoms with Gasteiger partial charge in [0.2, 0.25) is 23.6 Å². The fourth-order valence-electron chi connectivity index (χ4n) is 4.64. The first-order chi connectivity index (χ1) is 22.3. The third kappa shape index (κ3) is 19.7. The van der Waals surface area contributed by atoms with Crippen LogP contribution < -0.4 is 21.3 Å². The Morgan fingerprint density at radius 3 is 2.06 bits per heavy atom. The van der Waals surface area contributed by atoms with Crippen LogP contribution in [0.3, 0.4) is 0 Å². The topological polar surface area (TPSA) is 202 Å². The smallest absolute Gasteiger partial charge is 0.416 e. The summed E-state index contributed by atoms with van der Waals surface area (Å²) in [7, 11) is 0. The number of nitrogens with zero attached hydrogens (tertiary/aromatic N) is 3. The van der Waals surface area contributed by atoms with Crippen LogP contribution in [0, 0.1) is 0 Å². The number of carbonyl (C=O) groups excluding carboxylic acids is 4. The molecule has 0 saturated carbocycles. The number of hydrogen-bond acceptors (Lipinski definition) is 6. The zero-order valence-electron chi connectivity index (χ0n) is 26.7. The molecule has 47 heavy (non-hydrogen) atoms. The summed E-state index contributed by atoms with van der Waals surface area (Å²) < 4.78 is 37.9. The van der Waals surface area contributed by atoms with Crippen LogP contribution in [-0.4, -0.2) is 66.4 Å². The number of aliphatic carboxylic acids is 1. The number of aryl methyl sites for hydroxylation is 1. The first kappa shape index (κ1) is 40.7. The van der Waals surface area contributed by atoms with E-state index in [4.69, 9.17) is 5.53 Å². The number of carboxylic acids is 1. The quantitative estimate of drug-likeness (QED) is 0.0462. The Labute approximate surface area is 272 Å². The number of carboxylic acid groups (broad SMARTS) is 1. The lowest BCUT2D eigenvalue weighted by Gasteiger charge is -2.17. The molecule has 5 N–H and O–H groups in total. The van der Waals surface area contributed by atoms with E-state index in [2.05, 4.69) is 31.3 Å². The molecule has 1 aromatic rings. The number of hydrogen-bond donors (Lipinski definition) is 5. The van der Waals surface area contributed by atoms with Gasteiger partial charge in [-0.25, -0.2) is 4.79 Å². The number of rotatable bonds is 24. The summed E-state index contributed by atoms with van der Waals surface area (Å²) in [6.07, 6.45) is 1.33. The number of unbranched alkanes of at least 4 members (excludes halogenated alkanes) is 4. The molecule has 2 atom stereocenters. The number of amides is 4. The van der Waals surface area contributed by atoms with E-state index in [-0.39, 0.29) is 37.0 Å². The van der Waals surface area contributed by atoms with Crippen molar-refractivity contribution in [2.45, 2.75) is 109 Å². The summed E-state index contributed by atoms with van der Waals surface area (Å²) in [4.78, 5) is 62.5. The van der Waals surface area contributed by atoms with Crippen molar-refractivity contribution in [3.8, 4) is 0 Å². The molecule has 0 aliphatic heterocycles. The lowest BCUT2D eigenvalue weighted by Crippen LogP contribution is -2.46. The Morgan fingerprint density at radius 2 is 1.43 bits per heavy atom. The largest absolute Gasteiger partial charge is 0.480 e. The molecule has 1 rings (SSSR count). The van der Waals surface area contributed by atoms with E-state index >= 15 is 0 Å². The average Bonchev–Trinajstić information content (AvgIpc) is 3.00. The van der Waals surface area contributed by atoms with Gasteiger partial charge in [0.1, 0.15) is 12.1 Å². The Balaban J connectivity index is 2.20. The molecule has 0 fully saturated rings. The summed E-state index contributed by atoms with van der Waals surface area (Å²) in [6, 6.07) is 3.08. The molecule has 1 aromatic carbocycles. The van der Waals surface area contributed by atoms with Crippen LogP contribution in [0.4, 0.5) is 13.2 Å². The van der Waals surface area contributed by atoms with Crippen molar-refractivity contribution in [1.82, 2.24) is 21.3 Å². The number of azide groups is 1. The summed E-state index contributed by atoms with van der Waals surface area (Å²) in [5.74, 6) is -2.40. The average molecular weight is 670 g/mol. The van der Waals surface area contributed by atoms with E-state index in [0.29, 0.717) is 89.4 Å². The molecule has 0 aliphatic rings. The van der Waals surface area contributed by atoms with E-state index < -0.39 is 35.7 Å². The second kappa shape index (κ2) is 23.1. The fourth-order valence-corrected chi connectivity index (χ4v) is 4.64. The molecule has 0 saturated heterocycles. The number of halogens is 3. The van der Waals surface area contributed by atoms with Gasteiger partial charge in [0.25, 0.3) is 0 Å². The number of carbonyl (C=O) groups is 5. The fraction of sp³-hybridized carbons (Fsp3) is 0.645. The Morgan fingerprint density at radius 1 is 0.809 bits per heavy atom. The van der Waals surface area contributed by atoms with Crippen LogP contribution in [0.15, 0.2) is 29.4 Å². The molecule has 0 spiro atoms. The molecular formula is C31H46F3N7O6. The molecule has 0 aromatic heterocycles. The van der Waals surface area contributed by atoms with Crippen LogP contribution in [0.1, 0.15) is 95.1 Å². The maximum atomic E-state index is 12.6. The molecular weight excluding hydrogens is 623 g/mol. The predicted molar refractivity (Wildman–Crippen MR) is 168 cm³/mol. The van der Waals surface area contributed by atoms with Crippen LogP contribution in [-0.2, 0) is 36.6 Å². The minimum absolute atomic E-state index is 0.125. The van der Waals surface area contributed by atoms with Crippen LogP contribution in [0.5, 0.6) is 0 Å². The first-order valence-electron chi connectivity index (χ1n) is 15.8. The van der Waals surface area contributed by atoms with Crippen LogP contribution in [0.25, 0.3) is 10.4 Å². The molecule has 0 heterocycles. The van der Waals surface area contributed by atoms with Crippen molar-refractivity contribution in [2.24, 2.45) is 5.11 Å². The third-order valence-electron chi connectivity index (χ3n) is 7.16. The molecule has 16 heteroatoms. The van der Waals surface area contributed by atoms with Gasteiger partial charge in [0, 0.05) is 44.3 Å². The maximum Gasteiger partial charge on any atom is 0.416 e. The molecule has 0 radical (unpaired) electrons. The predicted octanol–water partition coefficient (Wildman–Crippen LogP) is 4.55. The van der Waals surface area contributed by atoms with Gasteiger partial charge in [-0.15, -0.1) is 0 Å². The number of nitrogens with one attached hydrogen (secondary N) is 4. The SMILES string of the molecule is CC(=O)N[C@@H](CCCCN=[N+]=[N-])C(=O)NCCCCCC(=O)N[C@@H](CCCCNC(=O)CCCc1ccc(C(F)(F)F)cc1)C(=O)O. The van der Waals surface area contributed by atoms with Crippen molar-refractivity contribution in [2.75, 3.05) is 19.6 Å². The molecule has 13 nitrogen and oxygen atoms in total. The van der Waals surface area contributed by atoms with Gasteiger partial charge in [-0.05, 0) is 81.0 Å². The highest BCUT2D eigenvalue weighted by Gasteiger charge is 2.29. The highest BCUT2D eigenvalue weighted by atomic mass is 19.4. The van der Waals surface area contributed by atoms with Gasteiger partial charge in [-0.3, -0.25) is 19.2 Å². The second-order valence-electron chi connectivity index (χ2n) is 11.2. The Kier molecular flexibility index (Phi) is 20.0. The van der Waals surface area contributed by atoms with E-state index in [1.54, 1.807) is 0 Å². The summed E-state index contributed by atoms with van der Waals surface area (Å²) in [5.41, 5.74) is 8.30. The maximum absolute atomic E-state index is 12.6. The van der Waals surface area contributed by atoms with Crippen molar-refractivity contribution in [3.05, 3.63) is 45.8 Å².